The molecule has 0 saturated carbocycles. The molecule has 0 radical (unpaired) electrons. The number of pyridine rings is 1. The van der Waals surface area contributed by atoms with Gasteiger partial charge in [-0.1, -0.05) is 46.0 Å². The summed E-state index contributed by atoms with van der Waals surface area (Å²) in [6.07, 6.45) is 8.17. The monoisotopic (exact) mass is 408 g/mol. The van der Waals surface area contributed by atoms with Gasteiger partial charge in [-0.05, 0) is 25.0 Å². The van der Waals surface area contributed by atoms with E-state index in [1.807, 2.05) is 6.92 Å². The second-order valence-electron chi connectivity index (χ2n) is 6.81. The summed E-state index contributed by atoms with van der Waals surface area (Å²) in [7, 11) is 0. The molecule has 1 heterocycles. The molecular weight excluding hydrogens is 376 g/mol. The number of aromatic nitrogens is 1. The van der Waals surface area contributed by atoms with E-state index in [1.165, 1.54) is 18.3 Å². The van der Waals surface area contributed by atoms with Gasteiger partial charge in [0.1, 0.15) is 12.2 Å². The smallest absolute Gasteiger partial charge is 0.332 e. The third-order valence-electron chi connectivity index (χ3n) is 4.29. The Morgan fingerprint density at radius 3 is 2.45 bits per heavy atom. The number of carbonyl (C=O) groups is 3. The molecule has 0 bridgehead atoms. The van der Waals surface area contributed by atoms with E-state index >= 15 is 0 Å². The number of amides is 1. The maximum absolute atomic E-state index is 12.3. The highest BCUT2D eigenvalue weighted by atomic mass is 16.6. The van der Waals surface area contributed by atoms with E-state index in [-0.39, 0.29) is 25.2 Å². The molecule has 0 aliphatic rings. The highest BCUT2D eigenvalue weighted by Crippen LogP contribution is 2.06. The zero-order valence-electron chi connectivity index (χ0n) is 17.3. The van der Waals surface area contributed by atoms with E-state index in [2.05, 4.69) is 17.2 Å². The van der Waals surface area contributed by atoms with Crippen LogP contribution in [-0.4, -0.2) is 42.1 Å². The molecule has 0 aliphatic heterocycles. The van der Waals surface area contributed by atoms with Crippen molar-refractivity contribution in [2.45, 2.75) is 71.3 Å². The zero-order valence-corrected chi connectivity index (χ0v) is 17.3. The number of nitrogens with one attached hydrogen (secondary N) is 2. The minimum absolute atomic E-state index is 0.138. The largest absolute Gasteiger partial charge is 0.464 e. The first kappa shape index (κ1) is 24.4. The lowest BCUT2D eigenvalue weighted by atomic mass is 10.1. The van der Waals surface area contributed by atoms with Crippen LogP contribution in [0.3, 0.4) is 0 Å². The Morgan fingerprint density at radius 2 is 1.76 bits per heavy atom. The van der Waals surface area contributed by atoms with Crippen molar-refractivity contribution in [1.29, 1.82) is 0 Å². The van der Waals surface area contributed by atoms with E-state index < -0.39 is 29.4 Å². The standard InChI is InChI=1S/C21H32N2O6/c1-3-5-7-8-9-12-18(24)29-15-17(21(27)28-14-6-4-2)23-20(26)16-11-10-13-22-19(16)25/h10-11,13,17H,3-9,12,14-15H2,1-2H3,(H,22,25)(H,23,26)/t17-/m0/s1. The Morgan fingerprint density at radius 1 is 1.03 bits per heavy atom. The SMILES string of the molecule is CCCCCCCC(=O)OC[C@H](NC(=O)c1ccc[nH]c1=O)C(=O)OCCCC. The highest BCUT2D eigenvalue weighted by molar-refractivity contribution is 5.96. The lowest BCUT2D eigenvalue weighted by molar-refractivity contribution is -0.152. The summed E-state index contributed by atoms with van der Waals surface area (Å²) in [6.45, 7) is 3.94. The summed E-state index contributed by atoms with van der Waals surface area (Å²) in [5.41, 5.74) is -0.715. The number of unbranched alkanes of at least 4 members (excludes halogenated alkanes) is 5. The second kappa shape index (κ2) is 14.4. The van der Waals surface area contributed by atoms with Crippen molar-refractivity contribution < 1.29 is 23.9 Å². The van der Waals surface area contributed by atoms with Crippen LogP contribution >= 0.6 is 0 Å². The van der Waals surface area contributed by atoms with Crippen molar-refractivity contribution in [3.8, 4) is 0 Å². The van der Waals surface area contributed by atoms with Crippen LogP contribution in [-0.2, 0) is 19.1 Å². The Bertz CT molecular complexity index is 700. The van der Waals surface area contributed by atoms with Crippen LogP contribution in [0.25, 0.3) is 0 Å². The summed E-state index contributed by atoms with van der Waals surface area (Å²) in [4.78, 5) is 50.7. The summed E-state index contributed by atoms with van der Waals surface area (Å²) in [5.74, 6) is -1.87. The Kier molecular flexibility index (Phi) is 12.1. The number of aromatic amines is 1. The number of rotatable bonds is 14. The van der Waals surface area contributed by atoms with Crippen molar-refractivity contribution >= 4 is 17.8 Å². The van der Waals surface area contributed by atoms with Crippen molar-refractivity contribution in [2.24, 2.45) is 0 Å². The van der Waals surface area contributed by atoms with Gasteiger partial charge >= 0.3 is 11.9 Å². The molecule has 8 heteroatoms. The summed E-state index contributed by atoms with van der Waals surface area (Å²) >= 11 is 0. The van der Waals surface area contributed by atoms with Crippen LogP contribution in [0.4, 0.5) is 0 Å². The van der Waals surface area contributed by atoms with E-state index in [9.17, 15) is 19.2 Å². The van der Waals surface area contributed by atoms with Gasteiger partial charge in [0.05, 0.1) is 6.61 Å². The predicted octanol–water partition coefficient (Wildman–Crippen LogP) is 2.72. The molecule has 8 nitrogen and oxygen atoms in total. The van der Waals surface area contributed by atoms with E-state index in [0.29, 0.717) is 6.42 Å². The molecular formula is C21H32N2O6. The number of hydrogen-bond acceptors (Lipinski definition) is 6. The maximum Gasteiger partial charge on any atom is 0.332 e. The van der Waals surface area contributed by atoms with Gasteiger partial charge in [0.2, 0.25) is 0 Å². The van der Waals surface area contributed by atoms with Gasteiger partial charge in [-0.2, -0.15) is 0 Å². The number of esters is 2. The molecule has 1 aromatic rings. The van der Waals surface area contributed by atoms with Crippen LogP contribution < -0.4 is 10.9 Å². The van der Waals surface area contributed by atoms with Crippen LogP contribution in [0, 0.1) is 0 Å². The molecule has 0 aliphatic carbocycles. The lowest BCUT2D eigenvalue weighted by Crippen LogP contribution is -2.46. The molecule has 0 unspecified atom stereocenters. The first-order valence-electron chi connectivity index (χ1n) is 10.3. The molecule has 0 fully saturated rings. The van der Waals surface area contributed by atoms with Gasteiger partial charge in [0, 0.05) is 12.6 Å². The van der Waals surface area contributed by atoms with Crippen LogP contribution in [0.1, 0.15) is 75.6 Å². The van der Waals surface area contributed by atoms with Gasteiger partial charge in [-0.15, -0.1) is 0 Å². The summed E-state index contributed by atoms with van der Waals surface area (Å²) < 4.78 is 10.3. The minimum Gasteiger partial charge on any atom is -0.464 e. The molecule has 162 valence electrons. The van der Waals surface area contributed by atoms with Gasteiger partial charge in [0.15, 0.2) is 6.04 Å². The van der Waals surface area contributed by atoms with E-state index in [0.717, 1.165) is 38.5 Å². The van der Waals surface area contributed by atoms with Gasteiger partial charge < -0.3 is 19.8 Å². The van der Waals surface area contributed by atoms with Crippen molar-refractivity contribution in [3.63, 3.8) is 0 Å². The number of H-pyrrole nitrogens is 1. The first-order chi connectivity index (χ1) is 14.0. The second-order valence-corrected chi connectivity index (χ2v) is 6.81. The van der Waals surface area contributed by atoms with Gasteiger partial charge in [-0.3, -0.25) is 14.4 Å². The predicted molar refractivity (Wildman–Crippen MR) is 109 cm³/mol. The fourth-order valence-corrected chi connectivity index (χ4v) is 2.54. The molecule has 1 aromatic heterocycles. The average molecular weight is 408 g/mol. The highest BCUT2D eigenvalue weighted by Gasteiger charge is 2.25. The molecule has 29 heavy (non-hydrogen) atoms. The number of carbonyl (C=O) groups excluding carboxylic acids is 3. The van der Waals surface area contributed by atoms with E-state index in [4.69, 9.17) is 9.47 Å². The number of hydrogen-bond donors (Lipinski definition) is 2. The summed E-state index contributed by atoms with van der Waals surface area (Å²) in [6, 6.07) is 1.67. The van der Waals surface area contributed by atoms with Gasteiger partial charge in [-0.25, -0.2) is 4.79 Å². The fourth-order valence-electron chi connectivity index (χ4n) is 2.54. The minimum atomic E-state index is -1.18. The molecule has 1 amide bonds. The first-order valence-corrected chi connectivity index (χ1v) is 10.3. The molecule has 0 aromatic carbocycles. The molecule has 1 atom stereocenters. The van der Waals surface area contributed by atoms with Crippen LogP contribution in [0.2, 0.25) is 0 Å². The fraction of sp³-hybridized carbons (Fsp3) is 0.619. The normalized spacial score (nSPS) is 11.5. The lowest BCUT2D eigenvalue weighted by Gasteiger charge is -2.17. The molecule has 2 N–H and O–H groups in total. The Hall–Kier alpha value is -2.64. The third kappa shape index (κ3) is 9.91. The Balaban J connectivity index is 2.62. The molecule has 1 rings (SSSR count). The van der Waals surface area contributed by atoms with Crippen LogP contribution in [0.5, 0.6) is 0 Å². The van der Waals surface area contributed by atoms with Crippen LogP contribution in [0.15, 0.2) is 23.1 Å². The Labute approximate surface area is 171 Å². The summed E-state index contributed by atoms with van der Waals surface area (Å²) in [5, 5.41) is 2.43. The molecule has 0 saturated heterocycles. The van der Waals surface area contributed by atoms with Crippen molar-refractivity contribution in [3.05, 3.63) is 34.2 Å². The maximum atomic E-state index is 12.3. The number of ether oxygens (including phenoxy) is 2. The van der Waals surface area contributed by atoms with Crippen molar-refractivity contribution in [1.82, 2.24) is 10.3 Å². The molecule has 0 spiro atoms. The third-order valence-corrected chi connectivity index (χ3v) is 4.29. The van der Waals surface area contributed by atoms with Gasteiger partial charge in [0.25, 0.3) is 11.5 Å². The topological polar surface area (TPSA) is 115 Å². The average Bonchev–Trinajstić information content (AvgIpc) is 2.71. The quantitative estimate of drug-likeness (QED) is 0.361. The van der Waals surface area contributed by atoms with E-state index in [1.54, 1.807) is 0 Å². The van der Waals surface area contributed by atoms with Crippen molar-refractivity contribution in [2.75, 3.05) is 13.2 Å². The zero-order chi connectivity index (χ0) is 21.5.